The molecular weight excluding hydrogens is 285 g/mol. The summed E-state index contributed by atoms with van der Waals surface area (Å²) in [6, 6.07) is 0. The maximum Gasteiger partial charge on any atom is 0.433 e. The van der Waals surface area contributed by atoms with E-state index in [2.05, 4.69) is 20.9 Å². The number of aromatic nitrogens is 1. The summed E-state index contributed by atoms with van der Waals surface area (Å²) in [5.74, 6) is 0. The first kappa shape index (κ1) is 12.4. The van der Waals surface area contributed by atoms with Gasteiger partial charge in [-0.2, -0.15) is 13.2 Å². The lowest BCUT2D eigenvalue weighted by atomic mass is 10.1. The maximum absolute atomic E-state index is 12.4. The molecule has 0 aliphatic carbocycles. The molecule has 0 aliphatic heterocycles. The monoisotopic (exact) mass is 289 g/mol. The number of alkyl halides is 5. The van der Waals surface area contributed by atoms with E-state index in [0.717, 1.165) is 6.20 Å². The molecule has 0 bridgehead atoms. The Hall–Kier alpha value is -0.720. The van der Waals surface area contributed by atoms with Gasteiger partial charge >= 0.3 is 6.18 Å². The molecule has 0 atom stereocenters. The highest BCUT2D eigenvalue weighted by atomic mass is 79.9. The second-order valence-corrected chi connectivity index (χ2v) is 3.65. The fourth-order valence-electron chi connectivity index (χ4n) is 1.09. The Labute approximate surface area is 90.4 Å². The Morgan fingerprint density at radius 2 is 1.87 bits per heavy atom. The fraction of sp³-hybridized carbons (Fsp3) is 0.375. The van der Waals surface area contributed by atoms with Gasteiger partial charge in [0.1, 0.15) is 0 Å². The summed E-state index contributed by atoms with van der Waals surface area (Å²) < 4.78 is 61.9. The van der Waals surface area contributed by atoms with Crippen LogP contribution in [-0.2, 0) is 6.18 Å². The average Bonchev–Trinajstić information content (AvgIpc) is 2.06. The van der Waals surface area contributed by atoms with Crippen LogP contribution in [0.15, 0.2) is 10.7 Å². The first-order chi connectivity index (χ1) is 6.75. The molecule has 0 saturated heterocycles. The van der Waals surface area contributed by atoms with Crippen molar-refractivity contribution >= 4 is 15.9 Å². The molecule has 0 radical (unpaired) electrons. The van der Waals surface area contributed by atoms with Crippen molar-refractivity contribution < 1.29 is 22.0 Å². The van der Waals surface area contributed by atoms with Crippen LogP contribution in [0.5, 0.6) is 0 Å². The molecule has 1 aromatic heterocycles. The van der Waals surface area contributed by atoms with Gasteiger partial charge < -0.3 is 0 Å². The van der Waals surface area contributed by atoms with Crippen molar-refractivity contribution in [3.63, 3.8) is 0 Å². The number of halogens is 6. The molecule has 0 saturated carbocycles. The van der Waals surface area contributed by atoms with Crippen LogP contribution in [0.4, 0.5) is 22.0 Å². The lowest BCUT2D eigenvalue weighted by Gasteiger charge is -2.14. The number of pyridine rings is 1. The first-order valence-electron chi connectivity index (χ1n) is 3.75. The van der Waals surface area contributed by atoms with Crippen LogP contribution in [0.3, 0.4) is 0 Å². The number of nitrogens with zero attached hydrogens (tertiary/aromatic N) is 1. The average molecular weight is 290 g/mol. The van der Waals surface area contributed by atoms with Crippen LogP contribution >= 0.6 is 15.9 Å². The predicted molar refractivity (Wildman–Crippen MR) is 46.6 cm³/mol. The minimum Gasteiger partial charge on any atom is -0.250 e. The van der Waals surface area contributed by atoms with E-state index in [1.807, 2.05) is 0 Å². The Morgan fingerprint density at radius 3 is 2.27 bits per heavy atom. The zero-order valence-corrected chi connectivity index (χ0v) is 8.96. The van der Waals surface area contributed by atoms with E-state index in [0.29, 0.717) is 0 Å². The number of rotatable bonds is 1. The van der Waals surface area contributed by atoms with Gasteiger partial charge in [0.25, 0.3) is 6.43 Å². The molecular formula is C8H5BrF5N. The van der Waals surface area contributed by atoms with E-state index in [-0.39, 0.29) is 10.0 Å². The zero-order valence-electron chi connectivity index (χ0n) is 7.37. The van der Waals surface area contributed by atoms with E-state index >= 15 is 0 Å². The molecule has 1 heterocycles. The van der Waals surface area contributed by atoms with E-state index in [1.165, 1.54) is 6.92 Å². The lowest BCUT2D eigenvalue weighted by Crippen LogP contribution is -2.13. The molecule has 1 aromatic rings. The van der Waals surface area contributed by atoms with E-state index in [9.17, 15) is 22.0 Å². The van der Waals surface area contributed by atoms with Gasteiger partial charge in [-0.3, -0.25) is 4.98 Å². The summed E-state index contributed by atoms with van der Waals surface area (Å²) in [7, 11) is 0. The molecule has 7 heteroatoms. The maximum atomic E-state index is 12.4. The fourth-order valence-corrected chi connectivity index (χ4v) is 1.40. The Balaban J connectivity index is 3.47. The standard InChI is InChI=1S/C8H5BrF5N/c1-3-4(9)2-15-6(8(12,13)14)5(3)7(10)11/h2,7H,1H3. The minimum absolute atomic E-state index is 0.130. The van der Waals surface area contributed by atoms with Gasteiger partial charge in [0.15, 0.2) is 5.69 Å². The third kappa shape index (κ3) is 2.45. The molecule has 84 valence electrons. The van der Waals surface area contributed by atoms with Crippen molar-refractivity contribution in [2.24, 2.45) is 0 Å². The SMILES string of the molecule is Cc1c(Br)cnc(C(F)(F)F)c1C(F)F. The summed E-state index contributed by atoms with van der Waals surface area (Å²) in [5, 5.41) is 0. The smallest absolute Gasteiger partial charge is 0.250 e. The quantitative estimate of drug-likeness (QED) is 0.709. The molecule has 1 nitrogen and oxygen atoms in total. The highest BCUT2D eigenvalue weighted by Gasteiger charge is 2.38. The van der Waals surface area contributed by atoms with Crippen molar-refractivity contribution in [1.82, 2.24) is 4.98 Å². The first-order valence-corrected chi connectivity index (χ1v) is 4.54. The predicted octanol–water partition coefficient (Wildman–Crippen LogP) is 4.11. The van der Waals surface area contributed by atoms with Gasteiger partial charge in [0.05, 0.1) is 5.56 Å². The molecule has 0 unspecified atom stereocenters. The summed E-state index contributed by atoms with van der Waals surface area (Å²) >= 11 is 2.85. The second-order valence-electron chi connectivity index (χ2n) is 2.79. The molecule has 15 heavy (non-hydrogen) atoms. The molecule has 0 spiro atoms. The van der Waals surface area contributed by atoms with Crippen molar-refractivity contribution in [2.75, 3.05) is 0 Å². The van der Waals surface area contributed by atoms with Crippen LogP contribution in [0.2, 0.25) is 0 Å². The summed E-state index contributed by atoms with van der Waals surface area (Å²) in [5.41, 5.74) is -2.75. The Morgan fingerprint density at radius 1 is 1.33 bits per heavy atom. The molecule has 0 aromatic carbocycles. The van der Waals surface area contributed by atoms with E-state index in [4.69, 9.17) is 0 Å². The van der Waals surface area contributed by atoms with Crippen molar-refractivity contribution in [3.05, 3.63) is 27.5 Å². The van der Waals surface area contributed by atoms with Gasteiger partial charge in [-0.25, -0.2) is 8.78 Å². The summed E-state index contributed by atoms with van der Waals surface area (Å²) in [4.78, 5) is 2.98. The zero-order chi connectivity index (χ0) is 11.8. The number of hydrogen-bond acceptors (Lipinski definition) is 1. The summed E-state index contributed by atoms with van der Waals surface area (Å²) in [6.07, 6.45) is -7.20. The highest BCUT2D eigenvalue weighted by Crippen LogP contribution is 2.38. The lowest BCUT2D eigenvalue weighted by molar-refractivity contribution is -0.143. The van der Waals surface area contributed by atoms with Crippen molar-refractivity contribution in [3.8, 4) is 0 Å². The van der Waals surface area contributed by atoms with E-state index < -0.39 is 23.9 Å². The molecule has 0 N–H and O–H groups in total. The minimum atomic E-state index is -4.86. The summed E-state index contributed by atoms with van der Waals surface area (Å²) in [6.45, 7) is 1.18. The van der Waals surface area contributed by atoms with E-state index in [1.54, 1.807) is 0 Å². The third-order valence-electron chi connectivity index (χ3n) is 1.81. The van der Waals surface area contributed by atoms with Crippen molar-refractivity contribution in [1.29, 1.82) is 0 Å². The Bertz CT molecular complexity index is 374. The van der Waals surface area contributed by atoms with Crippen LogP contribution in [-0.4, -0.2) is 4.98 Å². The second kappa shape index (κ2) is 4.03. The Kier molecular flexibility index (Phi) is 3.32. The highest BCUT2D eigenvalue weighted by molar-refractivity contribution is 9.10. The van der Waals surface area contributed by atoms with Crippen LogP contribution in [0.25, 0.3) is 0 Å². The topological polar surface area (TPSA) is 12.9 Å². The van der Waals surface area contributed by atoms with Crippen LogP contribution < -0.4 is 0 Å². The van der Waals surface area contributed by atoms with Gasteiger partial charge in [0, 0.05) is 10.7 Å². The van der Waals surface area contributed by atoms with Crippen LogP contribution in [0, 0.1) is 6.92 Å². The number of hydrogen-bond donors (Lipinski definition) is 0. The van der Waals surface area contributed by atoms with Gasteiger partial charge in [-0.1, -0.05) is 0 Å². The van der Waals surface area contributed by atoms with Crippen LogP contribution in [0.1, 0.15) is 23.2 Å². The normalized spacial score (nSPS) is 12.3. The molecule has 0 amide bonds. The largest absolute Gasteiger partial charge is 0.433 e. The molecule has 1 rings (SSSR count). The van der Waals surface area contributed by atoms with Crippen molar-refractivity contribution in [2.45, 2.75) is 19.5 Å². The molecule has 0 fully saturated rings. The van der Waals surface area contributed by atoms with Gasteiger partial charge in [-0.05, 0) is 28.4 Å². The van der Waals surface area contributed by atoms with Gasteiger partial charge in [0.2, 0.25) is 0 Å². The third-order valence-corrected chi connectivity index (χ3v) is 2.61. The van der Waals surface area contributed by atoms with Gasteiger partial charge in [-0.15, -0.1) is 0 Å². The molecule has 0 aliphatic rings.